The fourth-order valence-corrected chi connectivity index (χ4v) is 2.80. The SMILES string of the molecule is CCOc1ccc(NC(=O)[C@@H](C)[NH+]2CCC(C)CC2)cc1. The molecule has 116 valence electrons. The zero-order valence-corrected chi connectivity index (χ0v) is 13.3. The van der Waals surface area contributed by atoms with Crippen molar-refractivity contribution in [2.24, 2.45) is 5.92 Å². The fourth-order valence-electron chi connectivity index (χ4n) is 2.80. The van der Waals surface area contributed by atoms with Crippen LogP contribution in [0.15, 0.2) is 24.3 Å². The zero-order chi connectivity index (χ0) is 15.2. The van der Waals surface area contributed by atoms with Crippen LogP contribution in [0.2, 0.25) is 0 Å². The Labute approximate surface area is 127 Å². The van der Waals surface area contributed by atoms with Crippen molar-refractivity contribution >= 4 is 11.6 Å². The quantitative estimate of drug-likeness (QED) is 0.867. The van der Waals surface area contributed by atoms with Gasteiger partial charge in [0.1, 0.15) is 5.75 Å². The lowest BCUT2D eigenvalue weighted by Gasteiger charge is -2.31. The van der Waals surface area contributed by atoms with Crippen LogP contribution in [0.3, 0.4) is 0 Å². The van der Waals surface area contributed by atoms with Crippen molar-refractivity contribution < 1.29 is 14.4 Å². The molecule has 1 aromatic carbocycles. The molecular formula is C17H27N2O2+. The standard InChI is InChI=1S/C17H26N2O2/c1-4-21-16-7-5-15(6-8-16)18-17(20)14(3)19-11-9-13(2)10-12-19/h5-8,13-14H,4,9-12H2,1-3H3,(H,18,20)/p+1/t14-/m1/s1. The number of benzene rings is 1. The van der Waals surface area contributed by atoms with E-state index in [1.54, 1.807) is 0 Å². The number of anilines is 1. The third-order valence-corrected chi connectivity index (χ3v) is 4.36. The summed E-state index contributed by atoms with van der Waals surface area (Å²) >= 11 is 0. The van der Waals surface area contributed by atoms with Crippen LogP contribution in [0.1, 0.15) is 33.6 Å². The van der Waals surface area contributed by atoms with E-state index in [1.807, 2.05) is 38.1 Å². The lowest BCUT2D eigenvalue weighted by Crippen LogP contribution is -3.17. The summed E-state index contributed by atoms with van der Waals surface area (Å²) in [7, 11) is 0. The lowest BCUT2D eigenvalue weighted by atomic mass is 9.98. The zero-order valence-electron chi connectivity index (χ0n) is 13.3. The van der Waals surface area contributed by atoms with Crippen molar-refractivity contribution in [2.75, 3.05) is 25.0 Å². The number of carbonyl (C=O) groups excluding carboxylic acids is 1. The van der Waals surface area contributed by atoms with Crippen LogP contribution in [0.25, 0.3) is 0 Å². The van der Waals surface area contributed by atoms with Crippen LogP contribution in [0.5, 0.6) is 5.75 Å². The summed E-state index contributed by atoms with van der Waals surface area (Å²) in [4.78, 5) is 13.7. The van der Waals surface area contributed by atoms with Crippen molar-refractivity contribution in [3.05, 3.63) is 24.3 Å². The van der Waals surface area contributed by atoms with Gasteiger partial charge in [0.25, 0.3) is 5.91 Å². The van der Waals surface area contributed by atoms with Gasteiger partial charge >= 0.3 is 0 Å². The van der Waals surface area contributed by atoms with Gasteiger partial charge in [0, 0.05) is 5.69 Å². The molecule has 21 heavy (non-hydrogen) atoms. The van der Waals surface area contributed by atoms with Crippen molar-refractivity contribution in [1.82, 2.24) is 0 Å². The predicted molar refractivity (Wildman–Crippen MR) is 84.8 cm³/mol. The second-order valence-electron chi connectivity index (χ2n) is 6.01. The third-order valence-electron chi connectivity index (χ3n) is 4.36. The maximum absolute atomic E-state index is 12.3. The maximum Gasteiger partial charge on any atom is 0.282 e. The second kappa shape index (κ2) is 7.46. The van der Waals surface area contributed by atoms with Gasteiger partial charge in [-0.25, -0.2) is 0 Å². The summed E-state index contributed by atoms with van der Waals surface area (Å²) in [6.45, 7) is 9.12. The van der Waals surface area contributed by atoms with Gasteiger partial charge < -0.3 is 15.0 Å². The van der Waals surface area contributed by atoms with Crippen LogP contribution >= 0.6 is 0 Å². The number of carbonyl (C=O) groups is 1. The second-order valence-corrected chi connectivity index (χ2v) is 6.01. The Bertz CT molecular complexity index is 450. The van der Waals surface area contributed by atoms with E-state index in [9.17, 15) is 4.79 Å². The minimum Gasteiger partial charge on any atom is -0.494 e. The number of likely N-dealkylation sites (tertiary alicyclic amines) is 1. The van der Waals surface area contributed by atoms with Gasteiger partial charge in [-0.05, 0) is 56.9 Å². The third kappa shape index (κ3) is 4.46. The number of nitrogens with one attached hydrogen (secondary N) is 2. The number of rotatable bonds is 5. The average Bonchev–Trinajstić information content (AvgIpc) is 2.49. The smallest absolute Gasteiger partial charge is 0.282 e. The van der Waals surface area contributed by atoms with Crippen molar-refractivity contribution in [3.63, 3.8) is 0 Å². The van der Waals surface area contributed by atoms with E-state index >= 15 is 0 Å². The first-order valence-electron chi connectivity index (χ1n) is 7.98. The van der Waals surface area contributed by atoms with Crippen LogP contribution in [-0.4, -0.2) is 31.6 Å². The molecule has 0 spiro atoms. The van der Waals surface area contributed by atoms with Crippen LogP contribution in [0, 0.1) is 5.92 Å². The number of hydrogen-bond acceptors (Lipinski definition) is 2. The Morgan fingerprint density at radius 2 is 1.95 bits per heavy atom. The minimum atomic E-state index is 0.00377. The maximum atomic E-state index is 12.3. The minimum absolute atomic E-state index is 0.00377. The fraction of sp³-hybridized carbons (Fsp3) is 0.588. The van der Waals surface area contributed by atoms with Gasteiger partial charge in [-0.15, -0.1) is 0 Å². The first-order valence-corrected chi connectivity index (χ1v) is 7.98. The van der Waals surface area contributed by atoms with E-state index in [0.717, 1.165) is 30.4 Å². The van der Waals surface area contributed by atoms with E-state index < -0.39 is 0 Å². The number of piperidine rings is 1. The molecule has 0 aromatic heterocycles. The van der Waals surface area contributed by atoms with Gasteiger partial charge in [0.15, 0.2) is 6.04 Å². The molecule has 1 aliphatic rings. The van der Waals surface area contributed by atoms with Gasteiger partial charge in [0.05, 0.1) is 19.7 Å². The van der Waals surface area contributed by atoms with Crippen LogP contribution in [-0.2, 0) is 4.79 Å². The monoisotopic (exact) mass is 291 g/mol. The molecule has 1 aromatic rings. The molecule has 4 heteroatoms. The molecule has 1 aliphatic heterocycles. The molecule has 1 saturated heterocycles. The summed E-state index contributed by atoms with van der Waals surface area (Å²) in [5.41, 5.74) is 0.833. The molecule has 0 saturated carbocycles. The molecule has 1 fully saturated rings. The summed E-state index contributed by atoms with van der Waals surface area (Å²) in [5.74, 6) is 1.73. The van der Waals surface area contributed by atoms with Crippen LogP contribution in [0.4, 0.5) is 5.69 Å². The molecule has 0 aliphatic carbocycles. The first kappa shape index (κ1) is 15.8. The highest BCUT2D eigenvalue weighted by molar-refractivity contribution is 5.93. The lowest BCUT2D eigenvalue weighted by molar-refractivity contribution is -0.919. The topological polar surface area (TPSA) is 42.8 Å². The number of amides is 1. The summed E-state index contributed by atoms with van der Waals surface area (Å²) in [5, 5.41) is 3.00. The molecule has 1 atom stereocenters. The van der Waals surface area contributed by atoms with Gasteiger partial charge in [-0.3, -0.25) is 4.79 Å². The summed E-state index contributed by atoms with van der Waals surface area (Å²) in [6, 6.07) is 7.56. The van der Waals surface area contributed by atoms with Gasteiger partial charge in [-0.1, -0.05) is 6.92 Å². The van der Waals surface area contributed by atoms with Gasteiger partial charge in [-0.2, -0.15) is 0 Å². The highest BCUT2D eigenvalue weighted by Gasteiger charge is 2.28. The molecule has 2 rings (SSSR count). The molecule has 1 heterocycles. The first-order chi connectivity index (χ1) is 10.1. The van der Waals surface area contributed by atoms with Crippen LogP contribution < -0.4 is 15.0 Å². The average molecular weight is 291 g/mol. The summed E-state index contributed by atoms with van der Waals surface area (Å²) < 4.78 is 5.40. The Morgan fingerprint density at radius 3 is 2.52 bits per heavy atom. The Hall–Kier alpha value is -1.55. The molecule has 0 bridgehead atoms. The van der Waals surface area contributed by atoms with E-state index in [2.05, 4.69) is 12.2 Å². The van der Waals surface area contributed by atoms with E-state index in [-0.39, 0.29) is 11.9 Å². The van der Waals surface area contributed by atoms with E-state index in [1.165, 1.54) is 17.7 Å². The van der Waals surface area contributed by atoms with Crippen molar-refractivity contribution in [2.45, 2.75) is 39.7 Å². The molecule has 0 radical (unpaired) electrons. The highest BCUT2D eigenvalue weighted by Crippen LogP contribution is 2.15. The van der Waals surface area contributed by atoms with E-state index in [4.69, 9.17) is 4.74 Å². The summed E-state index contributed by atoms with van der Waals surface area (Å²) in [6.07, 6.45) is 2.44. The van der Waals surface area contributed by atoms with E-state index in [0.29, 0.717) is 6.61 Å². The largest absolute Gasteiger partial charge is 0.494 e. The van der Waals surface area contributed by atoms with Gasteiger partial charge in [0.2, 0.25) is 0 Å². The Kier molecular flexibility index (Phi) is 5.62. The molecule has 2 N–H and O–H groups in total. The van der Waals surface area contributed by atoms with Crippen molar-refractivity contribution in [3.8, 4) is 5.75 Å². The molecule has 0 unspecified atom stereocenters. The Morgan fingerprint density at radius 1 is 1.33 bits per heavy atom. The number of quaternary nitrogens is 1. The molecular weight excluding hydrogens is 264 g/mol. The normalized spacial score (nSPS) is 23.4. The number of ether oxygens (including phenoxy) is 1. The molecule has 1 amide bonds. The molecule has 4 nitrogen and oxygen atoms in total. The highest BCUT2D eigenvalue weighted by atomic mass is 16.5. The number of hydrogen-bond donors (Lipinski definition) is 2. The predicted octanol–water partition coefficient (Wildman–Crippen LogP) is 1.73. The van der Waals surface area contributed by atoms with Crippen molar-refractivity contribution in [1.29, 1.82) is 0 Å². The Balaban J connectivity index is 1.88.